The van der Waals surface area contributed by atoms with Gasteiger partial charge >= 0.3 is 12.0 Å². The number of anilines is 2. The van der Waals surface area contributed by atoms with Crippen LogP contribution in [0, 0.1) is 0 Å². The number of hydrogen-bond donors (Lipinski definition) is 2. The zero-order valence-corrected chi connectivity index (χ0v) is 24.2. The summed E-state index contributed by atoms with van der Waals surface area (Å²) >= 11 is 6.81. The monoisotopic (exact) mass is 661 g/mol. The average Bonchev–Trinajstić information content (AvgIpc) is 3.31. The summed E-state index contributed by atoms with van der Waals surface area (Å²) in [5.74, 6) is -2.74. The number of Topliss-reactive ketones (excluding diaryl/α,β-unsaturated/α-hetero) is 1. The van der Waals surface area contributed by atoms with Crippen molar-refractivity contribution in [2.45, 2.75) is 25.1 Å². The number of esters is 1. The molecule has 0 aromatic heterocycles. The Morgan fingerprint density at radius 1 is 0.974 bits per heavy atom. The van der Waals surface area contributed by atoms with Gasteiger partial charge in [-0.15, -0.1) is 0 Å². The van der Waals surface area contributed by atoms with Crippen molar-refractivity contribution in [1.82, 2.24) is 4.90 Å². The summed E-state index contributed by atoms with van der Waals surface area (Å²) in [5, 5.41) is 5.51. The first kappa shape index (κ1) is 28.7. The number of urea groups is 1. The molecule has 0 aliphatic carbocycles. The molecule has 1 aliphatic heterocycles. The second kappa shape index (κ2) is 12.7. The van der Waals surface area contributed by atoms with Crippen molar-refractivity contribution in [3.63, 3.8) is 0 Å². The molecule has 1 unspecified atom stereocenters. The quantitative estimate of drug-likeness (QED) is 0.199. The fourth-order valence-corrected chi connectivity index (χ4v) is 5.12. The Morgan fingerprint density at radius 3 is 2.33 bits per heavy atom. The first-order valence-electron chi connectivity index (χ1n) is 12.1. The summed E-state index contributed by atoms with van der Waals surface area (Å²) in [6, 6.07) is 18.1. The first-order valence-corrected chi connectivity index (χ1v) is 13.7. The lowest BCUT2D eigenvalue weighted by Crippen LogP contribution is -2.49. The average molecular weight is 663 g/mol. The molecule has 1 fully saturated rings. The minimum Gasteiger partial charge on any atom is -0.478 e. The number of carbonyl (C=O) groups excluding carboxylic acids is 3. The van der Waals surface area contributed by atoms with Crippen LogP contribution in [-0.2, 0) is 16.0 Å². The van der Waals surface area contributed by atoms with E-state index >= 15 is 4.39 Å². The van der Waals surface area contributed by atoms with Crippen LogP contribution in [-0.4, -0.2) is 48.9 Å². The number of benzene rings is 3. The number of carbonyl (C=O) groups is 3. The van der Waals surface area contributed by atoms with Crippen LogP contribution in [0.2, 0.25) is 0 Å². The number of para-hydroxylation sites is 1. The maximum absolute atomic E-state index is 15.9. The first-order chi connectivity index (χ1) is 18.7. The van der Waals surface area contributed by atoms with Crippen molar-refractivity contribution in [2.75, 3.05) is 31.0 Å². The molecule has 1 saturated heterocycles. The lowest BCUT2D eigenvalue weighted by molar-refractivity contribution is -0.144. The number of rotatable bonds is 9. The molecular formula is C28H26Br2FN3O5. The van der Waals surface area contributed by atoms with Gasteiger partial charge in [-0.05, 0) is 92.4 Å². The fourth-order valence-electron chi connectivity index (χ4n) is 4.21. The molecule has 11 heteroatoms. The highest BCUT2D eigenvalue weighted by atomic mass is 79.9. The Bertz CT molecular complexity index is 1370. The summed E-state index contributed by atoms with van der Waals surface area (Å²) in [4.78, 5) is 38.5. The molecule has 2 N–H and O–H groups in total. The molecule has 0 spiro atoms. The zero-order chi connectivity index (χ0) is 28.0. The third-order valence-electron chi connectivity index (χ3n) is 6.30. The highest BCUT2D eigenvalue weighted by Crippen LogP contribution is 2.34. The summed E-state index contributed by atoms with van der Waals surface area (Å²) in [6.45, 7) is 0.265. The topological polar surface area (TPSA) is 97.0 Å². The van der Waals surface area contributed by atoms with E-state index in [4.69, 9.17) is 4.74 Å². The number of halogens is 3. The summed E-state index contributed by atoms with van der Waals surface area (Å²) < 4.78 is 27.6. The van der Waals surface area contributed by atoms with E-state index in [0.717, 1.165) is 4.47 Å². The lowest BCUT2D eigenvalue weighted by atomic mass is 9.99. The van der Waals surface area contributed by atoms with Crippen LogP contribution >= 0.6 is 31.9 Å². The molecule has 0 radical (unpaired) electrons. The molecular weight excluding hydrogens is 637 g/mol. The second-order valence-electron chi connectivity index (χ2n) is 8.89. The fraction of sp³-hybridized carbons (Fsp3) is 0.250. The van der Waals surface area contributed by atoms with E-state index in [1.54, 1.807) is 54.6 Å². The Labute approximate surface area is 242 Å². The van der Waals surface area contributed by atoms with Crippen LogP contribution in [0.15, 0.2) is 75.7 Å². The van der Waals surface area contributed by atoms with E-state index < -0.39 is 23.6 Å². The third kappa shape index (κ3) is 7.03. The minimum atomic E-state index is -2.15. The normalized spacial score (nSPS) is 16.9. The van der Waals surface area contributed by atoms with E-state index in [1.165, 1.54) is 12.0 Å². The van der Waals surface area contributed by atoms with Gasteiger partial charge in [-0.3, -0.25) is 4.79 Å². The van der Waals surface area contributed by atoms with Crippen LogP contribution in [0.4, 0.5) is 20.6 Å². The Morgan fingerprint density at radius 2 is 1.67 bits per heavy atom. The highest BCUT2D eigenvalue weighted by molar-refractivity contribution is 9.11. The predicted molar refractivity (Wildman–Crippen MR) is 153 cm³/mol. The molecule has 0 bridgehead atoms. The number of nitrogens with zero attached hydrogens (tertiary/aromatic N) is 1. The molecule has 1 atom stereocenters. The van der Waals surface area contributed by atoms with E-state index in [9.17, 15) is 14.4 Å². The van der Waals surface area contributed by atoms with E-state index in [1.807, 2.05) is 12.1 Å². The number of methoxy groups -OCH3 is 1. The number of nitrogens with one attached hydrogen (secondary N) is 2. The number of likely N-dealkylation sites (tertiary alicyclic amines) is 1. The number of hydrogen-bond acceptors (Lipinski definition) is 6. The largest absolute Gasteiger partial charge is 0.478 e. The Kier molecular flexibility index (Phi) is 9.36. The maximum atomic E-state index is 15.9. The number of amides is 2. The van der Waals surface area contributed by atoms with Gasteiger partial charge in [-0.2, -0.15) is 0 Å². The van der Waals surface area contributed by atoms with Gasteiger partial charge in [0.25, 0.3) is 0 Å². The third-order valence-corrected chi connectivity index (χ3v) is 7.64. The summed E-state index contributed by atoms with van der Waals surface area (Å²) in [6.07, 6.45) is 0.474. The van der Waals surface area contributed by atoms with Gasteiger partial charge in [0.1, 0.15) is 12.5 Å². The number of alkyl halides is 1. The van der Waals surface area contributed by atoms with Gasteiger partial charge in [0.15, 0.2) is 5.78 Å². The SMILES string of the molecule is COC(=O)c1ccc(OCN2CCCC2(F)C(=O)Cc2ccc(NC(=O)Nc3ccccc3Br)c(Br)c2)cc1. The van der Waals surface area contributed by atoms with Crippen molar-refractivity contribution in [3.05, 3.63) is 86.8 Å². The molecule has 1 aliphatic rings. The van der Waals surface area contributed by atoms with Crippen LogP contribution in [0.25, 0.3) is 0 Å². The highest BCUT2D eigenvalue weighted by Gasteiger charge is 2.47. The van der Waals surface area contributed by atoms with E-state index in [-0.39, 0.29) is 19.6 Å². The summed E-state index contributed by atoms with van der Waals surface area (Å²) in [7, 11) is 1.30. The lowest BCUT2D eigenvalue weighted by Gasteiger charge is -2.29. The van der Waals surface area contributed by atoms with Crippen LogP contribution in [0.1, 0.15) is 28.8 Å². The molecule has 3 aromatic rings. The van der Waals surface area contributed by atoms with Crippen molar-refractivity contribution in [1.29, 1.82) is 0 Å². The molecule has 3 aromatic carbocycles. The summed E-state index contributed by atoms with van der Waals surface area (Å²) in [5.41, 5.74) is 2.09. The van der Waals surface area contributed by atoms with Gasteiger partial charge in [-0.25, -0.2) is 18.9 Å². The molecule has 39 heavy (non-hydrogen) atoms. The zero-order valence-electron chi connectivity index (χ0n) is 21.0. The van der Waals surface area contributed by atoms with Crippen LogP contribution < -0.4 is 15.4 Å². The molecule has 2 amide bonds. The van der Waals surface area contributed by atoms with Gasteiger partial charge < -0.3 is 20.1 Å². The number of ketones is 1. The van der Waals surface area contributed by atoms with Crippen LogP contribution in [0.3, 0.4) is 0 Å². The van der Waals surface area contributed by atoms with Crippen molar-refractivity contribution >= 4 is 61.0 Å². The second-order valence-corrected chi connectivity index (χ2v) is 10.6. The minimum absolute atomic E-state index is 0.0759. The maximum Gasteiger partial charge on any atom is 0.337 e. The molecule has 1 heterocycles. The van der Waals surface area contributed by atoms with Gasteiger partial charge in [0.2, 0.25) is 5.79 Å². The molecule has 4 rings (SSSR count). The molecule has 204 valence electrons. The van der Waals surface area contributed by atoms with Crippen LogP contribution in [0.5, 0.6) is 5.75 Å². The Hall–Kier alpha value is -3.28. The molecule has 0 saturated carbocycles. The predicted octanol–water partition coefficient (Wildman–Crippen LogP) is 6.55. The molecule has 8 nitrogen and oxygen atoms in total. The van der Waals surface area contributed by atoms with Gasteiger partial charge in [0.05, 0.1) is 24.0 Å². The standard InChI is InChI=1S/C28H26Br2FN3O5/c1-38-26(36)19-8-10-20(11-9-19)39-17-34-14-4-13-28(34,31)25(35)16-18-7-12-24(22(30)15-18)33-27(37)32-23-6-3-2-5-21(23)29/h2-3,5-12,15H,4,13-14,16-17H2,1H3,(H2,32,33,37). The van der Waals surface area contributed by atoms with Gasteiger partial charge in [0, 0.05) is 28.3 Å². The number of ether oxygens (including phenoxy) is 2. The van der Waals surface area contributed by atoms with Crippen molar-refractivity contribution in [3.8, 4) is 5.75 Å². The van der Waals surface area contributed by atoms with E-state index in [2.05, 4.69) is 47.2 Å². The Balaban J connectivity index is 1.35. The van der Waals surface area contributed by atoms with E-state index in [0.29, 0.717) is 45.7 Å². The van der Waals surface area contributed by atoms with Crippen molar-refractivity contribution in [2.24, 2.45) is 0 Å². The van der Waals surface area contributed by atoms with Crippen molar-refractivity contribution < 1.29 is 28.2 Å². The van der Waals surface area contributed by atoms with Gasteiger partial charge in [-0.1, -0.05) is 18.2 Å². The smallest absolute Gasteiger partial charge is 0.337 e.